The van der Waals surface area contributed by atoms with Crippen LogP contribution in [-0.4, -0.2) is 40.6 Å². The predicted molar refractivity (Wildman–Crippen MR) is 78.4 cm³/mol. The summed E-state index contributed by atoms with van der Waals surface area (Å²) in [6.45, 7) is 5.25. The Morgan fingerprint density at radius 1 is 1.33 bits per heavy atom. The second-order valence-electron chi connectivity index (χ2n) is 5.37. The molecule has 6 heteroatoms. The molecule has 112 valence electrons. The van der Waals surface area contributed by atoms with Crippen molar-refractivity contribution in [2.75, 3.05) is 13.2 Å². The van der Waals surface area contributed by atoms with Crippen LogP contribution in [-0.2, 0) is 4.79 Å². The predicted octanol–water partition coefficient (Wildman–Crippen LogP) is 0.0699. The van der Waals surface area contributed by atoms with E-state index in [1.54, 1.807) is 6.07 Å². The first-order valence-electron chi connectivity index (χ1n) is 6.47. The average molecular weight is 289 g/mol. The van der Waals surface area contributed by atoms with E-state index < -0.39 is 5.91 Å². The molecule has 21 heavy (non-hydrogen) atoms. The minimum atomic E-state index is -0.430. The van der Waals surface area contributed by atoms with E-state index in [0.717, 1.165) is 0 Å². The van der Waals surface area contributed by atoms with Crippen LogP contribution in [0.3, 0.4) is 0 Å². The zero-order valence-electron chi connectivity index (χ0n) is 12.4. The van der Waals surface area contributed by atoms with Gasteiger partial charge in [-0.05, 0) is 32.9 Å². The van der Waals surface area contributed by atoms with Gasteiger partial charge in [-0.2, -0.15) is 0 Å². The monoisotopic (exact) mass is 289 g/mol. The van der Waals surface area contributed by atoms with Gasteiger partial charge in [-0.15, -0.1) is 0 Å². The Labute approximate surface area is 124 Å². The SMILES string of the molecule is CC(C)(C)NC(=O)CNC(=O)c1ccc(C#CCO)cn1. The maximum absolute atomic E-state index is 11.8. The van der Waals surface area contributed by atoms with Gasteiger partial charge >= 0.3 is 0 Å². The highest BCUT2D eigenvalue weighted by Gasteiger charge is 2.15. The molecule has 1 aromatic rings. The van der Waals surface area contributed by atoms with Crippen LogP contribution < -0.4 is 10.6 Å². The summed E-state index contributed by atoms with van der Waals surface area (Å²) < 4.78 is 0. The van der Waals surface area contributed by atoms with Crippen molar-refractivity contribution in [3.8, 4) is 11.8 Å². The summed E-state index contributed by atoms with van der Waals surface area (Å²) in [4.78, 5) is 27.3. The van der Waals surface area contributed by atoms with Crippen LogP contribution >= 0.6 is 0 Å². The largest absolute Gasteiger partial charge is 0.384 e. The number of amides is 2. The highest BCUT2D eigenvalue weighted by Crippen LogP contribution is 1.99. The molecule has 3 N–H and O–H groups in total. The zero-order valence-corrected chi connectivity index (χ0v) is 12.4. The Morgan fingerprint density at radius 2 is 2.05 bits per heavy atom. The van der Waals surface area contributed by atoms with Gasteiger partial charge in [0.25, 0.3) is 5.91 Å². The van der Waals surface area contributed by atoms with E-state index in [-0.39, 0.29) is 30.3 Å². The van der Waals surface area contributed by atoms with Crippen molar-refractivity contribution >= 4 is 11.8 Å². The van der Waals surface area contributed by atoms with Crippen LogP contribution in [0.15, 0.2) is 18.3 Å². The first kappa shape index (κ1) is 16.7. The number of carbonyl (C=O) groups excluding carboxylic acids is 2. The van der Waals surface area contributed by atoms with Gasteiger partial charge in [0.15, 0.2) is 0 Å². The van der Waals surface area contributed by atoms with E-state index in [4.69, 9.17) is 5.11 Å². The molecule has 6 nitrogen and oxygen atoms in total. The molecule has 0 unspecified atom stereocenters. The standard InChI is InChI=1S/C15H19N3O3/c1-15(2,3)18-13(20)10-17-14(21)12-7-6-11(9-16-12)5-4-8-19/h6-7,9,19H,8,10H2,1-3H3,(H,17,21)(H,18,20). The minimum Gasteiger partial charge on any atom is -0.384 e. The van der Waals surface area contributed by atoms with Gasteiger partial charge < -0.3 is 15.7 Å². The molecule has 0 aliphatic rings. The molecule has 1 heterocycles. The van der Waals surface area contributed by atoms with Gasteiger partial charge in [0.2, 0.25) is 5.91 Å². The molecule has 0 spiro atoms. The Bertz CT molecular complexity index is 563. The average Bonchev–Trinajstić information content (AvgIpc) is 2.41. The summed E-state index contributed by atoms with van der Waals surface area (Å²) in [7, 11) is 0. The third kappa shape index (κ3) is 6.54. The number of aliphatic hydroxyl groups excluding tert-OH is 1. The van der Waals surface area contributed by atoms with E-state index >= 15 is 0 Å². The topological polar surface area (TPSA) is 91.3 Å². The lowest BCUT2D eigenvalue weighted by Gasteiger charge is -2.20. The number of carbonyl (C=O) groups is 2. The van der Waals surface area contributed by atoms with Crippen molar-refractivity contribution in [3.63, 3.8) is 0 Å². The number of nitrogens with zero attached hydrogens (tertiary/aromatic N) is 1. The van der Waals surface area contributed by atoms with Gasteiger partial charge in [0, 0.05) is 17.3 Å². The van der Waals surface area contributed by atoms with E-state index in [2.05, 4.69) is 27.5 Å². The summed E-state index contributed by atoms with van der Waals surface area (Å²) in [5, 5.41) is 13.8. The molecule has 0 radical (unpaired) electrons. The lowest BCUT2D eigenvalue weighted by molar-refractivity contribution is -0.121. The Hall–Kier alpha value is -2.39. The number of hydrogen-bond donors (Lipinski definition) is 3. The van der Waals surface area contributed by atoms with Crippen molar-refractivity contribution in [3.05, 3.63) is 29.6 Å². The van der Waals surface area contributed by atoms with Crippen molar-refractivity contribution in [2.24, 2.45) is 0 Å². The molecule has 0 aromatic carbocycles. The lowest BCUT2D eigenvalue weighted by atomic mass is 10.1. The van der Waals surface area contributed by atoms with Crippen molar-refractivity contribution in [1.82, 2.24) is 15.6 Å². The first-order chi connectivity index (χ1) is 9.81. The molecule has 0 atom stereocenters. The fraction of sp³-hybridized carbons (Fsp3) is 0.400. The lowest BCUT2D eigenvalue weighted by Crippen LogP contribution is -2.45. The normalized spacial score (nSPS) is 10.3. The molecular weight excluding hydrogens is 270 g/mol. The smallest absolute Gasteiger partial charge is 0.270 e. The van der Waals surface area contributed by atoms with Gasteiger partial charge in [0.05, 0.1) is 6.54 Å². The molecule has 0 saturated carbocycles. The summed E-state index contributed by atoms with van der Waals surface area (Å²) in [6.07, 6.45) is 1.44. The third-order valence-electron chi connectivity index (χ3n) is 2.23. The van der Waals surface area contributed by atoms with Crippen LogP contribution in [0.25, 0.3) is 0 Å². The maximum atomic E-state index is 11.8. The Morgan fingerprint density at radius 3 is 2.57 bits per heavy atom. The fourth-order valence-corrected chi connectivity index (χ4v) is 1.46. The molecule has 0 fully saturated rings. The molecular formula is C15H19N3O3. The molecule has 0 aliphatic carbocycles. The second kappa shape index (κ2) is 7.41. The molecule has 2 amide bonds. The molecule has 1 rings (SSSR count). The second-order valence-corrected chi connectivity index (χ2v) is 5.37. The number of nitrogens with one attached hydrogen (secondary N) is 2. The highest BCUT2D eigenvalue weighted by atomic mass is 16.2. The van der Waals surface area contributed by atoms with Crippen molar-refractivity contribution < 1.29 is 14.7 Å². The molecule has 0 aliphatic heterocycles. The quantitative estimate of drug-likeness (QED) is 0.687. The Kier molecular flexibility index (Phi) is 5.88. The van der Waals surface area contributed by atoms with E-state index in [9.17, 15) is 9.59 Å². The number of pyridine rings is 1. The van der Waals surface area contributed by atoms with Crippen LogP contribution in [0, 0.1) is 11.8 Å². The third-order valence-corrected chi connectivity index (χ3v) is 2.23. The number of aliphatic hydroxyl groups is 1. The van der Waals surface area contributed by atoms with Crippen LogP contribution in [0.4, 0.5) is 0 Å². The van der Waals surface area contributed by atoms with Crippen LogP contribution in [0.2, 0.25) is 0 Å². The fourth-order valence-electron chi connectivity index (χ4n) is 1.46. The number of rotatable bonds is 3. The van der Waals surface area contributed by atoms with Crippen molar-refractivity contribution in [2.45, 2.75) is 26.3 Å². The summed E-state index contributed by atoms with van der Waals surface area (Å²) in [5.41, 5.74) is 0.465. The van der Waals surface area contributed by atoms with Gasteiger partial charge in [-0.3, -0.25) is 9.59 Å². The first-order valence-corrected chi connectivity index (χ1v) is 6.47. The molecule has 1 aromatic heterocycles. The van der Waals surface area contributed by atoms with E-state index in [0.29, 0.717) is 5.56 Å². The minimum absolute atomic E-state index is 0.107. The summed E-state index contributed by atoms with van der Waals surface area (Å²) in [5.74, 6) is 4.47. The number of aromatic nitrogens is 1. The highest BCUT2D eigenvalue weighted by molar-refractivity contribution is 5.94. The van der Waals surface area contributed by atoms with Gasteiger partial charge in [-0.1, -0.05) is 11.8 Å². The molecule has 0 saturated heterocycles. The Balaban J connectivity index is 2.54. The maximum Gasteiger partial charge on any atom is 0.270 e. The zero-order chi connectivity index (χ0) is 15.9. The van der Waals surface area contributed by atoms with Gasteiger partial charge in [-0.25, -0.2) is 4.98 Å². The molecule has 0 bridgehead atoms. The van der Waals surface area contributed by atoms with Crippen LogP contribution in [0.5, 0.6) is 0 Å². The van der Waals surface area contributed by atoms with E-state index in [1.807, 2.05) is 20.8 Å². The number of hydrogen-bond acceptors (Lipinski definition) is 4. The van der Waals surface area contributed by atoms with E-state index in [1.165, 1.54) is 12.3 Å². The van der Waals surface area contributed by atoms with Gasteiger partial charge in [0.1, 0.15) is 12.3 Å². The summed E-state index contributed by atoms with van der Waals surface area (Å²) in [6, 6.07) is 3.14. The van der Waals surface area contributed by atoms with Crippen molar-refractivity contribution in [1.29, 1.82) is 0 Å². The van der Waals surface area contributed by atoms with Crippen LogP contribution in [0.1, 0.15) is 36.8 Å². The summed E-state index contributed by atoms with van der Waals surface area (Å²) >= 11 is 0.